The Balaban J connectivity index is 2.44. The molecule has 3 N–H and O–H groups in total. The van der Waals surface area contributed by atoms with Crippen molar-refractivity contribution in [1.29, 1.82) is 0 Å². The Hall–Kier alpha value is -0.570. The maximum absolute atomic E-state index is 10.6. The first-order valence-electron chi connectivity index (χ1n) is 4.61. The lowest BCUT2D eigenvalue weighted by molar-refractivity contribution is -0.140. The first kappa shape index (κ1) is 9.52. The third-order valence-corrected chi connectivity index (χ3v) is 3.00. The fourth-order valence-corrected chi connectivity index (χ4v) is 2.00. The standard InChI is InChI=1S/C9H17NO2/c1-6(8(10)9(11)12)7-4-2-3-5-7/h6-8H,2-5,10H2,1H3,(H,11,12)/t6?,8-/m0/s1. The molecule has 0 aromatic carbocycles. The van der Waals surface area contributed by atoms with Gasteiger partial charge < -0.3 is 10.8 Å². The minimum atomic E-state index is -0.866. The first-order valence-corrected chi connectivity index (χ1v) is 4.61. The third-order valence-electron chi connectivity index (χ3n) is 3.00. The van der Waals surface area contributed by atoms with Crippen LogP contribution in [0.5, 0.6) is 0 Å². The Morgan fingerprint density at radius 1 is 1.50 bits per heavy atom. The Bertz CT molecular complexity index is 164. The van der Waals surface area contributed by atoms with Gasteiger partial charge in [-0.2, -0.15) is 0 Å². The van der Waals surface area contributed by atoms with Gasteiger partial charge in [0.25, 0.3) is 0 Å². The summed E-state index contributed by atoms with van der Waals surface area (Å²) in [5.41, 5.74) is 5.54. The van der Waals surface area contributed by atoms with Crippen molar-refractivity contribution in [3.63, 3.8) is 0 Å². The molecule has 70 valence electrons. The van der Waals surface area contributed by atoms with E-state index >= 15 is 0 Å². The molecule has 1 rings (SSSR count). The lowest BCUT2D eigenvalue weighted by Crippen LogP contribution is -2.39. The molecule has 0 radical (unpaired) electrons. The fourth-order valence-electron chi connectivity index (χ4n) is 2.00. The maximum Gasteiger partial charge on any atom is 0.320 e. The van der Waals surface area contributed by atoms with E-state index in [1.165, 1.54) is 12.8 Å². The number of hydrogen-bond acceptors (Lipinski definition) is 2. The van der Waals surface area contributed by atoms with E-state index < -0.39 is 12.0 Å². The summed E-state index contributed by atoms with van der Waals surface area (Å²) in [6.45, 7) is 1.95. The molecule has 0 aromatic heterocycles. The predicted octanol–water partition coefficient (Wildman–Crippen LogP) is 1.22. The SMILES string of the molecule is CC(C1CCCC1)[C@H](N)C(=O)O. The maximum atomic E-state index is 10.6. The molecule has 1 fully saturated rings. The zero-order chi connectivity index (χ0) is 9.14. The monoisotopic (exact) mass is 171 g/mol. The van der Waals surface area contributed by atoms with Crippen LogP contribution in [0, 0.1) is 11.8 Å². The van der Waals surface area contributed by atoms with E-state index in [4.69, 9.17) is 10.8 Å². The molecule has 12 heavy (non-hydrogen) atoms. The van der Waals surface area contributed by atoms with E-state index in [-0.39, 0.29) is 5.92 Å². The molecule has 0 spiro atoms. The largest absolute Gasteiger partial charge is 0.480 e. The van der Waals surface area contributed by atoms with Crippen molar-refractivity contribution in [2.75, 3.05) is 0 Å². The molecule has 0 aliphatic heterocycles. The number of carboxylic acids is 1. The average Bonchev–Trinajstić information content (AvgIpc) is 2.53. The number of carbonyl (C=O) groups is 1. The molecule has 0 aromatic rings. The van der Waals surface area contributed by atoms with Crippen LogP contribution in [0.3, 0.4) is 0 Å². The molecule has 3 heteroatoms. The van der Waals surface area contributed by atoms with Crippen molar-refractivity contribution in [1.82, 2.24) is 0 Å². The van der Waals surface area contributed by atoms with Gasteiger partial charge in [-0.05, 0) is 11.8 Å². The van der Waals surface area contributed by atoms with Crippen molar-refractivity contribution < 1.29 is 9.90 Å². The average molecular weight is 171 g/mol. The lowest BCUT2D eigenvalue weighted by Gasteiger charge is -2.22. The quantitative estimate of drug-likeness (QED) is 0.671. The van der Waals surface area contributed by atoms with Crippen LogP contribution >= 0.6 is 0 Å². The van der Waals surface area contributed by atoms with Gasteiger partial charge in [0.05, 0.1) is 0 Å². The summed E-state index contributed by atoms with van der Waals surface area (Å²) in [4.78, 5) is 10.6. The summed E-state index contributed by atoms with van der Waals surface area (Å²) in [6, 6.07) is -0.673. The highest BCUT2D eigenvalue weighted by atomic mass is 16.4. The van der Waals surface area contributed by atoms with Gasteiger partial charge in [-0.15, -0.1) is 0 Å². The fraction of sp³-hybridized carbons (Fsp3) is 0.889. The molecule has 1 saturated carbocycles. The molecule has 1 unspecified atom stereocenters. The van der Waals surface area contributed by atoms with E-state index in [2.05, 4.69) is 0 Å². The van der Waals surface area contributed by atoms with Crippen LogP contribution in [0.4, 0.5) is 0 Å². The summed E-state index contributed by atoms with van der Waals surface area (Å²) >= 11 is 0. The number of hydrogen-bond donors (Lipinski definition) is 2. The number of carboxylic acid groups (broad SMARTS) is 1. The van der Waals surface area contributed by atoms with Gasteiger partial charge in [0.1, 0.15) is 6.04 Å². The van der Waals surface area contributed by atoms with Crippen molar-refractivity contribution in [2.45, 2.75) is 38.6 Å². The first-order chi connectivity index (χ1) is 5.63. The Labute approximate surface area is 72.9 Å². The van der Waals surface area contributed by atoms with E-state index in [1.54, 1.807) is 0 Å². The highest BCUT2D eigenvalue weighted by Gasteiger charge is 2.29. The highest BCUT2D eigenvalue weighted by molar-refractivity contribution is 5.73. The normalized spacial score (nSPS) is 23.8. The molecule has 0 saturated heterocycles. The van der Waals surface area contributed by atoms with Crippen molar-refractivity contribution in [3.8, 4) is 0 Å². The second-order valence-corrected chi connectivity index (χ2v) is 3.77. The molecule has 0 amide bonds. The van der Waals surface area contributed by atoms with Crippen LogP contribution < -0.4 is 5.73 Å². The van der Waals surface area contributed by atoms with Gasteiger partial charge in [0, 0.05) is 0 Å². The second-order valence-electron chi connectivity index (χ2n) is 3.77. The van der Waals surface area contributed by atoms with E-state index in [0.29, 0.717) is 5.92 Å². The van der Waals surface area contributed by atoms with Crippen LogP contribution in [0.25, 0.3) is 0 Å². The zero-order valence-corrected chi connectivity index (χ0v) is 7.49. The van der Waals surface area contributed by atoms with Gasteiger partial charge >= 0.3 is 5.97 Å². The summed E-state index contributed by atoms with van der Waals surface area (Å²) < 4.78 is 0. The van der Waals surface area contributed by atoms with E-state index in [9.17, 15) is 4.79 Å². The summed E-state index contributed by atoms with van der Waals surface area (Å²) in [7, 11) is 0. The summed E-state index contributed by atoms with van der Waals surface area (Å²) in [5, 5.41) is 8.69. The molecule has 1 aliphatic rings. The molecule has 1 aliphatic carbocycles. The Morgan fingerprint density at radius 3 is 2.42 bits per heavy atom. The number of aliphatic carboxylic acids is 1. The van der Waals surface area contributed by atoms with Gasteiger partial charge in [-0.25, -0.2) is 0 Å². The molecule has 3 nitrogen and oxygen atoms in total. The summed E-state index contributed by atoms with van der Waals surface area (Å²) in [6.07, 6.45) is 4.78. The predicted molar refractivity (Wildman–Crippen MR) is 46.7 cm³/mol. The Kier molecular flexibility index (Phi) is 3.09. The molecule has 2 atom stereocenters. The van der Waals surface area contributed by atoms with Gasteiger partial charge in [-0.1, -0.05) is 32.6 Å². The van der Waals surface area contributed by atoms with Gasteiger partial charge in [-0.3, -0.25) is 4.79 Å². The summed E-state index contributed by atoms with van der Waals surface area (Å²) in [5.74, 6) is -0.199. The van der Waals surface area contributed by atoms with Crippen LogP contribution in [0.2, 0.25) is 0 Å². The zero-order valence-electron chi connectivity index (χ0n) is 7.49. The minimum Gasteiger partial charge on any atom is -0.480 e. The number of nitrogens with two attached hydrogens (primary N) is 1. The second kappa shape index (κ2) is 3.90. The highest BCUT2D eigenvalue weighted by Crippen LogP contribution is 2.32. The van der Waals surface area contributed by atoms with Crippen LogP contribution in [0.15, 0.2) is 0 Å². The van der Waals surface area contributed by atoms with Crippen LogP contribution in [-0.4, -0.2) is 17.1 Å². The minimum absolute atomic E-state index is 0.130. The number of rotatable bonds is 3. The molecular weight excluding hydrogens is 154 g/mol. The van der Waals surface area contributed by atoms with E-state index in [0.717, 1.165) is 12.8 Å². The van der Waals surface area contributed by atoms with Crippen molar-refractivity contribution >= 4 is 5.97 Å². The lowest BCUT2D eigenvalue weighted by atomic mass is 9.87. The molecule has 0 bridgehead atoms. The van der Waals surface area contributed by atoms with Crippen LogP contribution in [-0.2, 0) is 4.79 Å². The van der Waals surface area contributed by atoms with Crippen molar-refractivity contribution in [2.24, 2.45) is 17.6 Å². The Morgan fingerprint density at radius 2 is 2.00 bits per heavy atom. The van der Waals surface area contributed by atoms with Gasteiger partial charge in [0.15, 0.2) is 0 Å². The molecule has 0 heterocycles. The van der Waals surface area contributed by atoms with Crippen molar-refractivity contribution in [3.05, 3.63) is 0 Å². The van der Waals surface area contributed by atoms with Crippen LogP contribution in [0.1, 0.15) is 32.6 Å². The topological polar surface area (TPSA) is 63.3 Å². The smallest absolute Gasteiger partial charge is 0.320 e. The van der Waals surface area contributed by atoms with Gasteiger partial charge in [0.2, 0.25) is 0 Å². The molecular formula is C9H17NO2. The van der Waals surface area contributed by atoms with E-state index in [1.807, 2.05) is 6.92 Å². The third kappa shape index (κ3) is 1.97.